The number of benzene rings is 1. The minimum absolute atomic E-state index is 0.155. The zero-order valence-electron chi connectivity index (χ0n) is 20.3. The molecule has 0 spiro atoms. The van der Waals surface area contributed by atoms with Gasteiger partial charge in [-0.1, -0.05) is 19.9 Å². The molecule has 35 heavy (non-hydrogen) atoms. The molecular weight excluding hydrogens is 448 g/mol. The number of aryl methyl sites for hydroxylation is 1. The molecule has 2 unspecified atom stereocenters. The second kappa shape index (κ2) is 10.1. The van der Waals surface area contributed by atoms with Gasteiger partial charge in [0.25, 0.3) is 11.5 Å². The van der Waals surface area contributed by atoms with Crippen LogP contribution >= 0.6 is 0 Å². The van der Waals surface area contributed by atoms with Gasteiger partial charge in [0.15, 0.2) is 11.6 Å². The Labute approximate surface area is 202 Å². The number of amides is 1. The van der Waals surface area contributed by atoms with Gasteiger partial charge in [-0.2, -0.15) is 10.2 Å². The number of fused-ring (bicyclic) bond motifs is 1. The molecule has 184 valence electrons. The summed E-state index contributed by atoms with van der Waals surface area (Å²) < 4.78 is 10.7. The van der Waals surface area contributed by atoms with Crippen LogP contribution in [0.3, 0.4) is 0 Å². The molecule has 0 aliphatic rings. The standard InChI is InChI=1S/C25H30N6O4/c1-16(2)12-21(25(34)27-23-9-10-29(4)28-23)31-24(33)13-18(14-26-31)35-22-7-5-6-20-19(22)8-11-30(20)15-17(3)32/h5-11,13-14,16-17,21,32H,12,15H2,1-4H3,(H,27,28,34). The van der Waals surface area contributed by atoms with Crippen molar-refractivity contribution >= 4 is 22.6 Å². The Balaban J connectivity index is 1.59. The Bertz CT molecular complexity index is 1380. The summed E-state index contributed by atoms with van der Waals surface area (Å²) in [6.45, 7) is 6.15. The third kappa shape index (κ3) is 5.60. The van der Waals surface area contributed by atoms with E-state index in [4.69, 9.17) is 4.74 Å². The Kier molecular flexibility index (Phi) is 7.02. The number of anilines is 1. The van der Waals surface area contributed by atoms with Gasteiger partial charge in [0.05, 0.1) is 17.8 Å². The van der Waals surface area contributed by atoms with Crippen molar-refractivity contribution in [3.05, 3.63) is 65.3 Å². The SMILES string of the molecule is CC(C)CC(C(=O)Nc1ccn(C)n1)n1ncc(Oc2cccc3c2ccn3CC(C)O)cc1=O. The summed E-state index contributed by atoms with van der Waals surface area (Å²) >= 11 is 0. The molecular formula is C25H30N6O4. The summed E-state index contributed by atoms with van der Waals surface area (Å²) in [4.78, 5) is 26.0. The number of carbonyl (C=O) groups is 1. The lowest BCUT2D eigenvalue weighted by molar-refractivity contribution is -0.120. The third-order valence-corrected chi connectivity index (χ3v) is 5.52. The average molecular weight is 479 g/mol. The first-order valence-electron chi connectivity index (χ1n) is 11.5. The number of nitrogens with zero attached hydrogens (tertiary/aromatic N) is 5. The quantitative estimate of drug-likeness (QED) is 0.381. The van der Waals surface area contributed by atoms with Crippen LogP contribution in [0, 0.1) is 5.92 Å². The molecule has 0 fully saturated rings. The number of aliphatic hydroxyl groups is 1. The zero-order chi connectivity index (χ0) is 25.1. The predicted octanol–water partition coefficient (Wildman–Crippen LogP) is 3.33. The number of hydrogen-bond donors (Lipinski definition) is 2. The minimum atomic E-state index is -0.795. The van der Waals surface area contributed by atoms with E-state index in [1.165, 1.54) is 16.9 Å². The predicted molar refractivity (Wildman–Crippen MR) is 133 cm³/mol. The van der Waals surface area contributed by atoms with Crippen molar-refractivity contribution < 1.29 is 14.6 Å². The number of aromatic nitrogens is 5. The van der Waals surface area contributed by atoms with Crippen molar-refractivity contribution in [2.24, 2.45) is 13.0 Å². The van der Waals surface area contributed by atoms with Crippen LogP contribution in [0.2, 0.25) is 0 Å². The molecule has 4 aromatic rings. The van der Waals surface area contributed by atoms with Crippen LogP contribution in [0.15, 0.2) is 59.8 Å². The van der Waals surface area contributed by atoms with E-state index in [-0.39, 0.29) is 17.6 Å². The van der Waals surface area contributed by atoms with E-state index in [2.05, 4.69) is 15.5 Å². The van der Waals surface area contributed by atoms with Crippen molar-refractivity contribution in [3.8, 4) is 11.5 Å². The van der Waals surface area contributed by atoms with Crippen LogP contribution in [0.5, 0.6) is 11.5 Å². The summed E-state index contributed by atoms with van der Waals surface area (Å²) in [6.07, 6.45) is 5.00. The highest BCUT2D eigenvalue weighted by Gasteiger charge is 2.25. The molecule has 3 heterocycles. The lowest BCUT2D eigenvalue weighted by Crippen LogP contribution is -2.35. The van der Waals surface area contributed by atoms with E-state index in [9.17, 15) is 14.7 Å². The molecule has 0 aliphatic heterocycles. The van der Waals surface area contributed by atoms with Gasteiger partial charge in [0, 0.05) is 43.5 Å². The van der Waals surface area contributed by atoms with Crippen LogP contribution in [0.4, 0.5) is 5.82 Å². The van der Waals surface area contributed by atoms with Crippen LogP contribution in [-0.2, 0) is 18.4 Å². The van der Waals surface area contributed by atoms with Crippen molar-refractivity contribution in [1.29, 1.82) is 0 Å². The van der Waals surface area contributed by atoms with Gasteiger partial charge < -0.3 is 19.7 Å². The summed E-state index contributed by atoms with van der Waals surface area (Å²) in [6, 6.07) is 9.73. The third-order valence-electron chi connectivity index (χ3n) is 5.52. The lowest BCUT2D eigenvalue weighted by Gasteiger charge is -2.19. The first-order valence-corrected chi connectivity index (χ1v) is 11.5. The molecule has 4 rings (SSSR count). The molecule has 0 radical (unpaired) electrons. The molecule has 10 nitrogen and oxygen atoms in total. The van der Waals surface area contributed by atoms with Gasteiger partial charge in [-0.25, -0.2) is 4.68 Å². The second-order valence-corrected chi connectivity index (χ2v) is 9.09. The largest absolute Gasteiger partial charge is 0.455 e. The molecule has 10 heteroatoms. The number of hydrogen-bond acceptors (Lipinski definition) is 6. The fraction of sp³-hybridized carbons (Fsp3) is 0.360. The topological polar surface area (TPSA) is 116 Å². The van der Waals surface area contributed by atoms with Crippen LogP contribution in [-0.4, -0.2) is 41.2 Å². The molecule has 1 amide bonds. The summed E-state index contributed by atoms with van der Waals surface area (Å²) in [5, 5.41) is 21.8. The smallest absolute Gasteiger partial charge is 0.271 e. The van der Waals surface area contributed by atoms with E-state index >= 15 is 0 Å². The molecule has 0 saturated heterocycles. The normalized spacial score (nSPS) is 13.2. The van der Waals surface area contributed by atoms with Crippen LogP contribution in [0.1, 0.15) is 33.2 Å². The minimum Gasteiger partial charge on any atom is -0.455 e. The summed E-state index contributed by atoms with van der Waals surface area (Å²) in [7, 11) is 1.76. The average Bonchev–Trinajstić information content (AvgIpc) is 3.38. The highest BCUT2D eigenvalue weighted by atomic mass is 16.5. The number of nitrogens with one attached hydrogen (secondary N) is 1. The Morgan fingerprint density at radius 3 is 2.63 bits per heavy atom. The van der Waals surface area contributed by atoms with Crippen LogP contribution < -0.4 is 15.6 Å². The van der Waals surface area contributed by atoms with E-state index in [0.29, 0.717) is 24.5 Å². The Hall–Kier alpha value is -3.92. The maximum atomic E-state index is 13.0. The highest BCUT2D eigenvalue weighted by Crippen LogP contribution is 2.30. The monoisotopic (exact) mass is 478 g/mol. The molecule has 0 saturated carbocycles. The van der Waals surface area contributed by atoms with Gasteiger partial charge in [0.1, 0.15) is 11.8 Å². The maximum Gasteiger partial charge on any atom is 0.271 e. The van der Waals surface area contributed by atoms with Crippen molar-refractivity contribution in [3.63, 3.8) is 0 Å². The van der Waals surface area contributed by atoms with Crippen LogP contribution in [0.25, 0.3) is 10.9 Å². The Morgan fingerprint density at radius 1 is 1.17 bits per heavy atom. The number of carbonyl (C=O) groups excluding carboxylic acids is 1. The van der Waals surface area contributed by atoms with Gasteiger partial charge in [0.2, 0.25) is 0 Å². The molecule has 0 bridgehead atoms. The molecule has 1 aromatic carbocycles. The van der Waals surface area contributed by atoms with Crippen molar-refractivity contribution in [1.82, 2.24) is 24.1 Å². The van der Waals surface area contributed by atoms with Gasteiger partial charge in [-0.3, -0.25) is 14.3 Å². The first-order chi connectivity index (χ1) is 16.7. The van der Waals surface area contributed by atoms with Gasteiger partial charge in [-0.05, 0) is 37.5 Å². The van der Waals surface area contributed by atoms with Crippen molar-refractivity contribution in [2.75, 3.05) is 5.32 Å². The fourth-order valence-electron chi connectivity index (χ4n) is 4.00. The lowest BCUT2D eigenvalue weighted by atomic mass is 10.0. The first kappa shape index (κ1) is 24.2. The number of rotatable bonds is 9. The van der Waals surface area contributed by atoms with Gasteiger partial charge >= 0.3 is 0 Å². The maximum absolute atomic E-state index is 13.0. The molecule has 2 atom stereocenters. The van der Waals surface area contributed by atoms with Gasteiger partial charge in [-0.15, -0.1) is 0 Å². The fourth-order valence-corrected chi connectivity index (χ4v) is 4.00. The molecule has 3 aromatic heterocycles. The summed E-state index contributed by atoms with van der Waals surface area (Å²) in [5.41, 5.74) is 0.469. The number of ether oxygens (including phenoxy) is 1. The molecule has 2 N–H and O–H groups in total. The number of aliphatic hydroxyl groups excluding tert-OH is 1. The van der Waals surface area contributed by atoms with E-state index in [1.54, 1.807) is 30.9 Å². The Morgan fingerprint density at radius 2 is 1.97 bits per heavy atom. The highest BCUT2D eigenvalue weighted by molar-refractivity contribution is 5.92. The summed E-state index contributed by atoms with van der Waals surface area (Å²) in [5.74, 6) is 1.05. The zero-order valence-corrected chi connectivity index (χ0v) is 20.3. The van der Waals surface area contributed by atoms with E-state index in [0.717, 1.165) is 10.9 Å². The van der Waals surface area contributed by atoms with E-state index < -0.39 is 17.7 Å². The van der Waals surface area contributed by atoms with Crippen molar-refractivity contribution in [2.45, 2.75) is 45.9 Å². The van der Waals surface area contributed by atoms with E-state index in [1.807, 2.05) is 48.9 Å². The second-order valence-electron chi connectivity index (χ2n) is 9.09. The molecule has 0 aliphatic carbocycles.